The Morgan fingerprint density at radius 1 is 0.833 bits per heavy atom. The lowest BCUT2D eigenvalue weighted by molar-refractivity contribution is 1.40. The summed E-state index contributed by atoms with van der Waals surface area (Å²) in [6.07, 6.45) is 0. The smallest absolute Gasteiger partial charge is 0.161 e. The highest BCUT2D eigenvalue weighted by molar-refractivity contribution is 6.11. The van der Waals surface area contributed by atoms with Gasteiger partial charge in [-0.25, -0.2) is 9.98 Å². The Morgan fingerprint density at radius 3 is 1.83 bits per heavy atom. The molecule has 2 aromatic rings. The summed E-state index contributed by atoms with van der Waals surface area (Å²) < 4.78 is 0. The van der Waals surface area contributed by atoms with Gasteiger partial charge in [-0.2, -0.15) is 0 Å². The molecule has 0 unspecified atom stereocenters. The van der Waals surface area contributed by atoms with E-state index in [0.717, 1.165) is 11.1 Å². The molecule has 0 radical (unpaired) electrons. The van der Waals surface area contributed by atoms with E-state index in [1.54, 1.807) is 0 Å². The Balaban J connectivity index is 2.32. The Kier molecular flexibility index (Phi) is 3.76. The van der Waals surface area contributed by atoms with Crippen molar-refractivity contribution in [2.24, 2.45) is 9.98 Å². The van der Waals surface area contributed by atoms with E-state index in [9.17, 15) is 0 Å². The van der Waals surface area contributed by atoms with Crippen molar-refractivity contribution in [2.45, 2.75) is 0 Å². The Hall–Kier alpha value is -2.55. The summed E-state index contributed by atoms with van der Waals surface area (Å²) in [6, 6.07) is 18.9. The van der Waals surface area contributed by atoms with Crippen LogP contribution in [0.1, 0.15) is 11.1 Å². The zero-order valence-corrected chi connectivity index (χ0v) is 9.88. The summed E-state index contributed by atoms with van der Waals surface area (Å²) >= 11 is 0. The van der Waals surface area contributed by atoms with E-state index >= 15 is 0 Å². The molecule has 0 amide bonds. The highest BCUT2D eigenvalue weighted by atomic mass is 14.9. The van der Waals surface area contributed by atoms with Crippen LogP contribution in [0.3, 0.4) is 0 Å². The maximum absolute atomic E-state index is 7.94. The van der Waals surface area contributed by atoms with Gasteiger partial charge in [0.15, 0.2) is 11.7 Å². The lowest BCUT2D eigenvalue weighted by Crippen LogP contribution is -2.03. The van der Waals surface area contributed by atoms with Crippen LogP contribution in [0, 0.1) is 5.41 Å². The van der Waals surface area contributed by atoms with Gasteiger partial charge in [0, 0.05) is 11.1 Å². The molecule has 0 saturated carbocycles. The van der Waals surface area contributed by atoms with E-state index in [0.29, 0.717) is 5.84 Å². The minimum Gasteiger partial charge on any atom is -0.282 e. The third-order valence-electron chi connectivity index (χ3n) is 2.45. The van der Waals surface area contributed by atoms with E-state index in [1.165, 1.54) is 0 Å². The van der Waals surface area contributed by atoms with Gasteiger partial charge in [0.25, 0.3) is 0 Å². The molecule has 0 heterocycles. The predicted octanol–water partition coefficient (Wildman–Crippen LogP) is 3.16. The third kappa shape index (κ3) is 2.77. The molecule has 0 atom stereocenters. The molecule has 0 aliphatic rings. The molecule has 0 spiro atoms. The van der Waals surface area contributed by atoms with Crippen molar-refractivity contribution >= 4 is 18.4 Å². The summed E-state index contributed by atoms with van der Waals surface area (Å²) in [5, 5.41) is 7.94. The molecule has 3 nitrogen and oxygen atoms in total. The molecule has 0 bridgehead atoms. The number of benzene rings is 2. The number of rotatable bonds is 2. The number of hydrogen-bond donors (Lipinski definition) is 1. The highest BCUT2D eigenvalue weighted by Crippen LogP contribution is 2.06. The SMILES string of the molecule is C=N/C(=N\C(=N)c1ccccc1)c1ccccc1. The molecule has 1 N–H and O–H groups in total. The van der Waals surface area contributed by atoms with Crippen LogP contribution in [0.2, 0.25) is 0 Å². The molecule has 0 fully saturated rings. The Morgan fingerprint density at radius 2 is 1.33 bits per heavy atom. The predicted molar refractivity (Wildman–Crippen MR) is 75.8 cm³/mol. The topological polar surface area (TPSA) is 48.6 Å². The standard InChI is InChI=1S/C15H13N3/c1-17-15(13-10-6-3-7-11-13)18-14(16)12-8-4-2-5-9-12/h2-11,16H,1H2/b16-14?,18-15-. The minimum absolute atomic E-state index is 0.182. The van der Waals surface area contributed by atoms with Crippen LogP contribution >= 0.6 is 0 Å². The van der Waals surface area contributed by atoms with Crippen molar-refractivity contribution < 1.29 is 0 Å². The summed E-state index contributed by atoms with van der Waals surface area (Å²) in [6.45, 7) is 3.51. The first-order valence-corrected chi connectivity index (χ1v) is 5.56. The first-order valence-electron chi connectivity index (χ1n) is 5.56. The van der Waals surface area contributed by atoms with Crippen LogP contribution in [-0.2, 0) is 0 Å². The lowest BCUT2D eigenvalue weighted by atomic mass is 10.2. The van der Waals surface area contributed by atoms with Crippen LogP contribution < -0.4 is 0 Å². The molecule has 2 rings (SSSR count). The van der Waals surface area contributed by atoms with E-state index in [2.05, 4.69) is 16.7 Å². The molecular weight excluding hydrogens is 222 g/mol. The van der Waals surface area contributed by atoms with Crippen LogP contribution in [0.15, 0.2) is 70.6 Å². The average Bonchev–Trinajstić information content (AvgIpc) is 2.46. The van der Waals surface area contributed by atoms with Crippen LogP contribution in [0.25, 0.3) is 0 Å². The number of nitrogens with one attached hydrogen (secondary N) is 1. The largest absolute Gasteiger partial charge is 0.282 e. The van der Waals surface area contributed by atoms with Gasteiger partial charge in [0.2, 0.25) is 0 Å². The van der Waals surface area contributed by atoms with E-state index < -0.39 is 0 Å². The van der Waals surface area contributed by atoms with E-state index in [4.69, 9.17) is 5.41 Å². The summed E-state index contributed by atoms with van der Waals surface area (Å²) in [4.78, 5) is 8.09. The Labute approximate surface area is 106 Å². The molecule has 2 aromatic carbocycles. The lowest BCUT2D eigenvalue weighted by Gasteiger charge is -2.02. The molecule has 0 saturated heterocycles. The first kappa shape index (κ1) is 11.9. The fourth-order valence-corrected chi connectivity index (χ4v) is 1.54. The van der Waals surface area contributed by atoms with Crippen molar-refractivity contribution in [2.75, 3.05) is 0 Å². The summed E-state index contributed by atoms with van der Waals surface area (Å²) in [5.41, 5.74) is 1.61. The van der Waals surface area contributed by atoms with Gasteiger partial charge < -0.3 is 0 Å². The Bertz CT molecular complexity index is 571. The summed E-state index contributed by atoms with van der Waals surface area (Å²) in [7, 11) is 0. The first-order chi connectivity index (χ1) is 8.81. The monoisotopic (exact) mass is 235 g/mol. The molecular formula is C15H13N3. The molecule has 88 valence electrons. The van der Waals surface area contributed by atoms with Crippen molar-refractivity contribution in [3.8, 4) is 0 Å². The van der Waals surface area contributed by atoms with Crippen molar-refractivity contribution in [1.82, 2.24) is 0 Å². The van der Waals surface area contributed by atoms with E-state index in [1.807, 2.05) is 60.7 Å². The molecule has 18 heavy (non-hydrogen) atoms. The summed E-state index contributed by atoms with van der Waals surface area (Å²) in [5.74, 6) is 0.645. The number of hydrogen-bond acceptors (Lipinski definition) is 1. The van der Waals surface area contributed by atoms with Gasteiger partial charge >= 0.3 is 0 Å². The maximum Gasteiger partial charge on any atom is 0.161 e. The fraction of sp³-hybridized carbons (Fsp3) is 0. The maximum atomic E-state index is 7.94. The van der Waals surface area contributed by atoms with Gasteiger partial charge in [-0.1, -0.05) is 60.7 Å². The van der Waals surface area contributed by atoms with Crippen molar-refractivity contribution in [1.29, 1.82) is 5.41 Å². The number of amidine groups is 2. The van der Waals surface area contributed by atoms with Gasteiger partial charge in [-0.05, 0) is 6.72 Å². The second-order valence-corrected chi connectivity index (χ2v) is 3.67. The molecule has 0 aliphatic carbocycles. The van der Waals surface area contributed by atoms with Gasteiger partial charge in [0.1, 0.15) is 0 Å². The number of aliphatic imine (C=N–C) groups is 2. The number of nitrogens with zero attached hydrogens (tertiary/aromatic N) is 2. The van der Waals surface area contributed by atoms with Gasteiger partial charge in [-0.15, -0.1) is 0 Å². The van der Waals surface area contributed by atoms with Crippen LogP contribution in [0.4, 0.5) is 0 Å². The third-order valence-corrected chi connectivity index (χ3v) is 2.45. The van der Waals surface area contributed by atoms with Gasteiger partial charge in [-0.3, -0.25) is 5.41 Å². The second-order valence-electron chi connectivity index (χ2n) is 3.67. The fourth-order valence-electron chi connectivity index (χ4n) is 1.54. The van der Waals surface area contributed by atoms with E-state index in [-0.39, 0.29) is 5.84 Å². The zero-order valence-electron chi connectivity index (χ0n) is 9.88. The van der Waals surface area contributed by atoms with Gasteiger partial charge in [0.05, 0.1) is 0 Å². The van der Waals surface area contributed by atoms with Crippen LogP contribution in [-0.4, -0.2) is 18.4 Å². The van der Waals surface area contributed by atoms with Crippen LogP contribution in [0.5, 0.6) is 0 Å². The minimum atomic E-state index is 0.182. The molecule has 0 aliphatic heterocycles. The molecule has 0 aromatic heterocycles. The molecule has 3 heteroatoms. The quantitative estimate of drug-likeness (QED) is 0.614. The second kappa shape index (κ2) is 5.68. The van der Waals surface area contributed by atoms with Crippen molar-refractivity contribution in [3.05, 3.63) is 71.8 Å². The highest BCUT2D eigenvalue weighted by Gasteiger charge is 2.03. The van der Waals surface area contributed by atoms with Crippen molar-refractivity contribution in [3.63, 3.8) is 0 Å². The average molecular weight is 235 g/mol. The normalized spacial score (nSPS) is 11.0. The zero-order chi connectivity index (χ0) is 12.8.